The fraction of sp³-hybridized carbons (Fsp3) is 0.571. The van der Waals surface area contributed by atoms with Gasteiger partial charge in [-0.25, -0.2) is 0 Å². The van der Waals surface area contributed by atoms with Gasteiger partial charge in [0.25, 0.3) is 0 Å². The Morgan fingerprint density at radius 3 is 2.89 bits per heavy atom. The number of carbonyl (C=O) groups excluding carboxylic acids is 1. The van der Waals surface area contributed by atoms with Crippen LogP contribution in [0.1, 0.15) is 6.42 Å². The number of carbonyl (C=O) groups is 1. The molecule has 0 aromatic carbocycles. The van der Waals surface area contributed by atoms with Crippen molar-refractivity contribution in [2.24, 2.45) is 11.8 Å². The molecule has 1 fully saturated rings. The average molecular weight is 143 g/mol. The van der Waals surface area contributed by atoms with Gasteiger partial charge in [-0.2, -0.15) is 0 Å². The van der Waals surface area contributed by atoms with E-state index < -0.39 is 4.87 Å². The summed E-state index contributed by atoms with van der Waals surface area (Å²) in [6, 6.07) is 0. The Kier molecular flexibility index (Phi) is 0.854. The van der Waals surface area contributed by atoms with E-state index >= 15 is 0 Å². The van der Waals surface area contributed by atoms with E-state index in [0.717, 1.165) is 12.7 Å². The van der Waals surface area contributed by atoms with Gasteiger partial charge >= 0.3 is 0 Å². The molecule has 0 aliphatic heterocycles. The molecule has 2 aliphatic carbocycles. The molecule has 0 heterocycles. The summed E-state index contributed by atoms with van der Waals surface area (Å²) < 4.78 is 0. The monoisotopic (exact) mass is 142 g/mol. The molecule has 0 radical (unpaired) electrons. The highest BCUT2D eigenvalue weighted by molar-refractivity contribution is 6.35. The number of hydrogen-bond acceptors (Lipinski definition) is 1. The van der Waals surface area contributed by atoms with E-state index in [1.54, 1.807) is 0 Å². The van der Waals surface area contributed by atoms with Crippen molar-refractivity contribution in [2.45, 2.75) is 11.3 Å². The number of aldehydes is 1. The van der Waals surface area contributed by atoms with Crippen molar-refractivity contribution in [3.05, 3.63) is 12.2 Å². The van der Waals surface area contributed by atoms with Gasteiger partial charge in [0.05, 0.1) is 0 Å². The summed E-state index contributed by atoms with van der Waals surface area (Å²) >= 11 is 5.88. The summed E-state index contributed by atoms with van der Waals surface area (Å²) in [5.41, 5.74) is 0. The number of halogens is 1. The van der Waals surface area contributed by atoms with Gasteiger partial charge in [0, 0.05) is 5.92 Å². The first-order valence-corrected chi connectivity index (χ1v) is 3.49. The molecule has 48 valence electrons. The average Bonchev–Trinajstić information content (AvgIpc) is 2.39. The van der Waals surface area contributed by atoms with E-state index in [0.29, 0.717) is 11.8 Å². The van der Waals surface area contributed by atoms with Crippen LogP contribution in [0.25, 0.3) is 0 Å². The predicted molar refractivity (Wildman–Crippen MR) is 35.4 cm³/mol. The third kappa shape index (κ3) is 0.485. The zero-order chi connectivity index (χ0) is 6.48. The van der Waals surface area contributed by atoms with Crippen LogP contribution >= 0.6 is 11.6 Å². The minimum absolute atomic E-state index is 0.358. The molecule has 2 heteroatoms. The Morgan fingerprint density at radius 1 is 1.78 bits per heavy atom. The zero-order valence-electron chi connectivity index (χ0n) is 4.88. The number of fused-ring (bicyclic) bond motifs is 1. The summed E-state index contributed by atoms with van der Waals surface area (Å²) in [5, 5.41) is 0. The largest absolute Gasteiger partial charge is 0.301 e. The molecule has 1 nitrogen and oxygen atoms in total. The van der Waals surface area contributed by atoms with Crippen LogP contribution in [0, 0.1) is 11.8 Å². The minimum atomic E-state index is -0.491. The Bertz CT molecular complexity index is 187. The van der Waals surface area contributed by atoms with Crippen LogP contribution in [0.15, 0.2) is 12.2 Å². The van der Waals surface area contributed by atoms with Crippen LogP contribution in [0.4, 0.5) is 0 Å². The van der Waals surface area contributed by atoms with Gasteiger partial charge in [-0.05, 0) is 12.3 Å². The SMILES string of the molecule is O=CC1(Cl)C2C=CCC21. The minimum Gasteiger partial charge on any atom is -0.301 e. The first kappa shape index (κ1) is 5.48. The van der Waals surface area contributed by atoms with Gasteiger partial charge in [0.15, 0.2) is 0 Å². The standard InChI is InChI=1S/C7H7ClO/c8-7(4-9)5-2-1-3-6(5)7/h1-2,4-6H,3H2. The highest BCUT2D eigenvalue weighted by Crippen LogP contribution is 2.60. The second kappa shape index (κ2) is 1.40. The molecule has 0 bridgehead atoms. The van der Waals surface area contributed by atoms with Crippen LogP contribution in [0.2, 0.25) is 0 Å². The van der Waals surface area contributed by atoms with Gasteiger partial charge in [-0.3, -0.25) is 0 Å². The van der Waals surface area contributed by atoms with E-state index in [9.17, 15) is 4.79 Å². The lowest BCUT2D eigenvalue weighted by atomic mass is 10.2. The van der Waals surface area contributed by atoms with Crippen LogP contribution in [-0.4, -0.2) is 11.2 Å². The summed E-state index contributed by atoms with van der Waals surface area (Å²) in [6.07, 6.45) is 6.02. The molecular weight excluding hydrogens is 136 g/mol. The van der Waals surface area contributed by atoms with Gasteiger partial charge in [0.1, 0.15) is 11.2 Å². The molecule has 2 aliphatic rings. The van der Waals surface area contributed by atoms with E-state index in [-0.39, 0.29) is 0 Å². The van der Waals surface area contributed by atoms with Gasteiger partial charge < -0.3 is 4.79 Å². The van der Waals surface area contributed by atoms with Crippen molar-refractivity contribution in [3.63, 3.8) is 0 Å². The zero-order valence-corrected chi connectivity index (χ0v) is 5.64. The van der Waals surface area contributed by atoms with Crippen molar-refractivity contribution in [3.8, 4) is 0 Å². The number of allylic oxidation sites excluding steroid dienone is 2. The van der Waals surface area contributed by atoms with Crippen molar-refractivity contribution in [1.82, 2.24) is 0 Å². The number of alkyl halides is 1. The summed E-state index contributed by atoms with van der Waals surface area (Å²) in [4.78, 5) is 9.85. The number of hydrogen-bond donors (Lipinski definition) is 0. The molecule has 0 amide bonds. The van der Waals surface area contributed by atoms with E-state index in [1.807, 2.05) is 6.08 Å². The summed E-state index contributed by atoms with van der Waals surface area (Å²) in [6.45, 7) is 0. The van der Waals surface area contributed by atoms with E-state index in [4.69, 9.17) is 11.6 Å². The topological polar surface area (TPSA) is 17.1 Å². The van der Waals surface area contributed by atoms with Crippen molar-refractivity contribution >= 4 is 17.9 Å². The molecule has 3 unspecified atom stereocenters. The fourth-order valence-electron chi connectivity index (χ4n) is 1.62. The fourth-order valence-corrected chi connectivity index (χ4v) is 2.01. The predicted octanol–water partition coefficient (Wildman–Crippen LogP) is 1.37. The smallest absolute Gasteiger partial charge is 0.141 e. The van der Waals surface area contributed by atoms with Crippen LogP contribution in [0.5, 0.6) is 0 Å². The lowest BCUT2D eigenvalue weighted by molar-refractivity contribution is -0.108. The molecular formula is C7H7ClO. The van der Waals surface area contributed by atoms with Crippen molar-refractivity contribution in [2.75, 3.05) is 0 Å². The molecule has 0 aromatic rings. The lowest BCUT2D eigenvalue weighted by Crippen LogP contribution is -2.06. The number of rotatable bonds is 1. The molecule has 0 spiro atoms. The lowest BCUT2D eigenvalue weighted by Gasteiger charge is -1.96. The molecule has 1 saturated carbocycles. The molecule has 2 rings (SSSR count). The maximum atomic E-state index is 10.3. The molecule has 0 N–H and O–H groups in total. The molecule has 0 aromatic heterocycles. The highest BCUT2D eigenvalue weighted by atomic mass is 35.5. The second-order valence-electron chi connectivity index (χ2n) is 2.74. The Labute approximate surface area is 58.7 Å². The molecule has 9 heavy (non-hydrogen) atoms. The quantitative estimate of drug-likeness (QED) is 0.307. The Balaban J connectivity index is 2.24. The van der Waals surface area contributed by atoms with Crippen LogP contribution in [-0.2, 0) is 4.79 Å². The van der Waals surface area contributed by atoms with Gasteiger partial charge in [-0.1, -0.05) is 12.2 Å². The van der Waals surface area contributed by atoms with Crippen LogP contribution < -0.4 is 0 Å². The van der Waals surface area contributed by atoms with Crippen LogP contribution in [0.3, 0.4) is 0 Å². The summed E-state index contributed by atoms with van der Waals surface area (Å²) in [5.74, 6) is 0.785. The molecule has 0 saturated heterocycles. The highest BCUT2D eigenvalue weighted by Gasteiger charge is 2.63. The second-order valence-corrected chi connectivity index (χ2v) is 3.40. The third-order valence-electron chi connectivity index (χ3n) is 2.32. The molecule has 3 atom stereocenters. The van der Waals surface area contributed by atoms with Gasteiger partial charge in [0.2, 0.25) is 0 Å². The Hall–Kier alpha value is -0.300. The maximum Gasteiger partial charge on any atom is 0.141 e. The normalized spacial score (nSPS) is 53.0. The summed E-state index contributed by atoms with van der Waals surface area (Å²) in [7, 11) is 0. The Morgan fingerprint density at radius 2 is 2.56 bits per heavy atom. The van der Waals surface area contributed by atoms with E-state index in [2.05, 4.69) is 6.08 Å². The maximum absolute atomic E-state index is 10.3. The first-order chi connectivity index (χ1) is 4.29. The van der Waals surface area contributed by atoms with Crippen molar-refractivity contribution < 1.29 is 4.79 Å². The third-order valence-corrected chi connectivity index (χ3v) is 2.94. The van der Waals surface area contributed by atoms with E-state index in [1.165, 1.54) is 0 Å². The first-order valence-electron chi connectivity index (χ1n) is 3.11. The van der Waals surface area contributed by atoms with Gasteiger partial charge in [-0.15, -0.1) is 11.6 Å². The van der Waals surface area contributed by atoms with Crippen molar-refractivity contribution in [1.29, 1.82) is 0 Å².